The van der Waals surface area contributed by atoms with Gasteiger partial charge in [0.1, 0.15) is 17.5 Å². The van der Waals surface area contributed by atoms with Crippen LogP contribution in [0.5, 0.6) is 0 Å². The lowest BCUT2D eigenvalue weighted by Crippen LogP contribution is -2.27. The van der Waals surface area contributed by atoms with Gasteiger partial charge in [-0.05, 0) is 33.1 Å². The SMILES string of the molecule is CCN(CCCO)c1nc(C2CC2)nc(NC)c1C. The number of nitrogens with one attached hydrogen (secondary N) is 1. The Morgan fingerprint density at radius 3 is 2.63 bits per heavy atom. The van der Waals surface area contributed by atoms with Crippen LogP contribution in [0.1, 0.15) is 43.5 Å². The van der Waals surface area contributed by atoms with Crippen molar-refractivity contribution in [1.82, 2.24) is 9.97 Å². The first kappa shape index (κ1) is 14.1. The zero-order chi connectivity index (χ0) is 13.8. The van der Waals surface area contributed by atoms with Gasteiger partial charge in [-0.1, -0.05) is 0 Å². The van der Waals surface area contributed by atoms with Crippen LogP contribution >= 0.6 is 0 Å². The van der Waals surface area contributed by atoms with Gasteiger partial charge < -0.3 is 15.3 Å². The molecule has 19 heavy (non-hydrogen) atoms. The van der Waals surface area contributed by atoms with Crippen molar-refractivity contribution < 1.29 is 5.11 Å². The first-order valence-corrected chi connectivity index (χ1v) is 7.13. The number of anilines is 2. The second-order valence-electron chi connectivity index (χ2n) is 5.06. The number of rotatable bonds is 7. The largest absolute Gasteiger partial charge is 0.396 e. The Bertz CT molecular complexity index is 432. The number of aliphatic hydroxyl groups excluding tert-OH is 1. The summed E-state index contributed by atoms with van der Waals surface area (Å²) in [6.07, 6.45) is 3.17. The van der Waals surface area contributed by atoms with Crippen LogP contribution in [-0.4, -0.2) is 41.8 Å². The number of aromatic nitrogens is 2. The Hall–Kier alpha value is -1.36. The average Bonchev–Trinajstić information content (AvgIpc) is 3.25. The minimum atomic E-state index is 0.217. The smallest absolute Gasteiger partial charge is 0.137 e. The third kappa shape index (κ3) is 3.15. The maximum Gasteiger partial charge on any atom is 0.137 e. The molecule has 106 valence electrons. The van der Waals surface area contributed by atoms with E-state index in [0.29, 0.717) is 5.92 Å². The summed E-state index contributed by atoms with van der Waals surface area (Å²) >= 11 is 0. The van der Waals surface area contributed by atoms with E-state index in [1.165, 1.54) is 12.8 Å². The lowest BCUT2D eigenvalue weighted by molar-refractivity contribution is 0.289. The van der Waals surface area contributed by atoms with E-state index >= 15 is 0 Å². The van der Waals surface area contributed by atoms with Gasteiger partial charge in [0.25, 0.3) is 0 Å². The van der Waals surface area contributed by atoms with Gasteiger partial charge in [-0.2, -0.15) is 0 Å². The van der Waals surface area contributed by atoms with Crippen molar-refractivity contribution in [2.45, 2.75) is 39.0 Å². The van der Waals surface area contributed by atoms with Gasteiger partial charge in [-0.25, -0.2) is 9.97 Å². The molecule has 1 heterocycles. The maximum atomic E-state index is 9.01. The summed E-state index contributed by atoms with van der Waals surface area (Å²) < 4.78 is 0. The monoisotopic (exact) mass is 264 g/mol. The molecule has 0 unspecified atom stereocenters. The van der Waals surface area contributed by atoms with Crippen LogP contribution in [0.15, 0.2) is 0 Å². The Kier molecular flexibility index (Phi) is 4.58. The molecule has 1 aromatic heterocycles. The van der Waals surface area contributed by atoms with Crippen LogP contribution in [0, 0.1) is 6.92 Å². The van der Waals surface area contributed by atoms with E-state index < -0.39 is 0 Å². The summed E-state index contributed by atoms with van der Waals surface area (Å²) in [5.41, 5.74) is 1.09. The second kappa shape index (κ2) is 6.19. The highest BCUT2D eigenvalue weighted by molar-refractivity contribution is 5.58. The summed E-state index contributed by atoms with van der Waals surface area (Å²) in [5.74, 6) is 3.45. The molecule has 0 radical (unpaired) electrons. The Morgan fingerprint density at radius 1 is 1.37 bits per heavy atom. The highest BCUT2D eigenvalue weighted by Gasteiger charge is 2.28. The lowest BCUT2D eigenvalue weighted by atomic mass is 10.2. The molecule has 0 bridgehead atoms. The number of nitrogens with zero attached hydrogens (tertiary/aromatic N) is 3. The number of aliphatic hydroxyl groups is 1. The van der Waals surface area contributed by atoms with Crippen molar-refractivity contribution >= 4 is 11.6 Å². The van der Waals surface area contributed by atoms with Gasteiger partial charge in [0.2, 0.25) is 0 Å². The van der Waals surface area contributed by atoms with Crippen molar-refractivity contribution in [1.29, 1.82) is 0 Å². The zero-order valence-electron chi connectivity index (χ0n) is 12.1. The third-order valence-corrected chi connectivity index (χ3v) is 3.58. The molecular weight excluding hydrogens is 240 g/mol. The molecule has 5 heteroatoms. The van der Waals surface area contributed by atoms with Crippen LogP contribution in [0.25, 0.3) is 0 Å². The van der Waals surface area contributed by atoms with Crippen molar-refractivity contribution in [3.05, 3.63) is 11.4 Å². The van der Waals surface area contributed by atoms with Crippen LogP contribution in [0.2, 0.25) is 0 Å². The van der Waals surface area contributed by atoms with Crippen molar-refractivity contribution in [2.75, 3.05) is 37.0 Å². The Labute approximate surface area is 115 Å². The minimum absolute atomic E-state index is 0.217. The van der Waals surface area contributed by atoms with Crippen LogP contribution in [0.3, 0.4) is 0 Å². The van der Waals surface area contributed by atoms with Gasteiger partial charge in [0.05, 0.1) is 0 Å². The normalized spacial score (nSPS) is 14.5. The van der Waals surface area contributed by atoms with E-state index in [2.05, 4.69) is 29.0 Å². The summed E-state index contributed by atoms with van der Waals surface area (Å²) in [6, 6.07) is 0. The topological polar surface area (TPSA) is 61.3 Å². The number of hydrogen-bond donors (Lipinski definition) is 2. The molecule has 0 aliphatic heterocycles. The molecule has 0 saturated heterocycles. The van der Waals surface area contributed by atoms with Gasteiger partial charge >= 0.3 is 0 Å². The van der Waals surface area contributed by atoms with Gasteiger partial charge in [0, 0.05) is 38.2 Å². The average molecular weight is 264 g/mol. The Morgan fingerprint density at radius 2 is 2.11 bits per heavy atom. The molecule has 0 amide bonds. The van der Waals surface area contributed by atoms with E-state index in [1.54, 1.807) is 0 Å². The van der Waals surface area contributed by atoms with Gasteiger partial charge in [0.15, 0.2) is 0 Å². The molecule has 1 fully saturated rings. The summed E-state index contributed by atoms with van der Waals surface area (Å²) in [4.78, 5) is 11.6. The summed E-state index contributed by atoms with van der Waals surface area (Å²) in [6.45, 7) is 6.12. The molecule has 2 N–H and O–H groups in total. The highest BCUT2D eigenvalue weighted by Crippen LogP contribution is 2.40. The van der Waals surface area contributed by atoms with Crippen molar-refractivity contribution in [2.24, 2.45) is 0 Å². The fourth-order valence-electron chi connectivity index (χ4n) is 2.27. The molecule has 0 spiro atoms. The van der Waals surface area contributed by atoms with E-state index in [1.807, 2.05) is 7.05 Å². The molecule has 1 aliphatic rings. The van der Waals surface area contributed by atoms with E-state index in [-0.39, 0.29) is 6.61 Å². The minimum Gasteiger partial charge on any atom is -0.396 e. The van der Waals surface area contributed by atoms with E-state index in [4.69, 9.17) is 10.1 Å². The van der Waals surface area contributed by atoms with Crippen LogP contribution in [-0.2, 0) is 0 Å². The first-order chi connectivity index (χ1) is 9.21. The predicted molar refractivity (Wildman–Crippen MR) is 77.9 cm³/mol. The summed E-state index contributed by atoms with van der Waals surface area (Å²) in [7, 11) is 1.90. The van der Waals surface area contributed by atoms with Gasteiger partial charge in [-0.15, -0.1) is 0 Å². The molecule has 1 aromatic rings. The lowest BCUT2D eigenvalue weighted by Gasteiger charge is -2.25. The Balaban J connectivity index is 2.32. The molecule has 2 rings (SSSR count). The molecule has 0 atom stereocenters. The molecule has 5 nitrogen and oxygen atoms in total. The predicted octanol–water partition coefficient (Wildman–Crippen LogP) is 1.91. The van der Waals surface area contributed by atoms with E-state index in [0.717, 1.165) is 42.5 Å². The maximum absolute atomic E-state index is 9.01. The standard InChI is InChI=1S/C14H24N4O/c1-4-18(8-5-9-19)14-10(2)12(15-3)16-13(17-14)11-6-7-11/h11,19H,4-9H2,1-3H3,(H,15,16,17). The highest BCUT2D eigenvalue weighted by atomic mass is 16.3. The number of hydrogen-bond acceptors (Lipinski definition) is 5. The first-order valence-electron chi connectivity index (χ1n) is 7.13. The molecule has 0 aromatic carbocycles. The molecule has 1 aliphatic carbocycles. The molecule has 1 saturated carbocycles. The fourth-order valence-corrected chi connectivity index (χ4v) is 2.27. The quantitative estimate of drug-likeness (QED) is 0.788. The second-order valence-corrected chi connectivity index (χ2v) is 5.06. The third-order valence-electron chi connectivity index (χ3n) is 3.58. The van der Waals surface area contributed by atoms with Crippen LogP contribution < -0.4 is 10.2 Å². The van der Waals surface area contributed by atoms with Crippen LogP contribution in [0.4, 0.5) is 11.6 Å². The summed E-state index contributed by atoms with van der Waals surface area (Å²) in [5, 5.41) is 12.2. The van der Waals surface area contributed by atoms with Gasteiger partial charge in [-0.3, -0.25) is 0 Å². The fraction of sp³-hybridized carbons (Fsp3) is 0.714. The molecular formula is C14H24N4O. The van der Waals surface area contributed by atoms with Crippen molar-refractivity contribution in [3.8, 4) is 0 Å². The van der Waals surface area contributed by atoms with E-state index in [9.17, 15) is 0 Å². The zero-order valence-corrected chi connectivity index (χ0v) is 12.1. The van der Waals surface area contributed by atoms with Crippen molar-refractivity contribution in [3.63, 3.8) is 0 Å².